The molecule has 6 aliphatic rings. The summed E-state index contributed by atoms with van der Waals surface area (Å²) in [5.74, 6) is 0. The summed E-state index contributed by atoms with van der Waals surface area (Å²) in [7, 11) is 0. The van der Waals surface area contributed by atoms with Crippen LogP contribution in [0.2, 0.25) is 0 Å². The highest BCUT2D eigenvalue weighted by molar-refractivity contribution is 8.01. The van der Waals surface area contributed by atoms with E-state index in [-0.39, 0.29) is 20.1 Å². The first-order valence-electron chi connectivity index (χ1n) is 25.1. The van der Waals surface area contributed by atoms with Gasteiger partial charge in [0.15, 0.2) is 0 Å². The number of rotatable bonds is 8. The monoisotopic (exact) mass is 1080 g/mol. The SMILES string of the molecule is CSc1cc2c3c(c1)N(SC)c1cc4c(cc1B3c1cc3c(cc1N2SC)Nc1cc(SC)cc2c1B3c1ccccc1N2c1ccccc1)B1c2ccccc2N(c2ccccc2)c2cc(SC)cc(c21)N4SC. The zero-order chi connectivity index (χ0) is 50.4. The summed E-state index contributed by atoms with van der Waals surface area (Å²) in [6, 6.07) is 65.0. The third-order valence-corrected chi connectivity index (χ3v) is 20.6. The molecule has 0 amide bonds. The Morgan fingerprint density at radius 3 is 1.19 bits per heavy atom. The minimum atomic E-state index is -0.0418. The molecule has 362 valence electrons. The predicted molar refractivity (Wildman–Crippen MR) is 341 cm³/mol. The molecule has 6 heterocycles. The van der Waals surface area contributed by atoms with Crippen LogP contribution in [0.15, 0.2) is 185 Å². The zero-order valence-electron chi connectivity index (χ0n) is 42.1. The first-order chi connectivity index (χ1) is 36.9. The molecular formula is C60H47B3N6S6. The molecule has 0 aliphatic carbocycles. The molecule has 1 N–H and O–H groups in total. The van der Waals surface area contributed by atoms with Gasteiger partial charge < -0.3 is 15.1 Å². The van der Waals surface area contributed by atoms with Crippen LogP contribution in [-0.4, -0.2) is 57.7 Å². The Balaban J connectivity index is 0.998. The van der Waals surface area contributed by atoms with Crippen LogP contribution in [0.4, 0.5) is 79.6 Å². The number of nitrogens with one attached hydrogen (secondary N) is 1. The van der Waals surface area contributed by atoms with Gasteiger partial charge in [0.1, 0.15) is 0 Å². The number of benzene rings is 9. The fraction of sp³-hybridized carbons (Fsp3) is 0.100. The number of nitrogens with zero attached hydrogens (tertiary/aromatic N) is 5. The van der Waals surface area contributed by atoms with E-state index in [1.54, 1.807) is 23.7 Å². The van der Waals surface area contributed by atoms with Crippen LogP contribution in [0.5, 0.6) is 0 Å². The Kier molecular flexibility index (Phi) is 11.0. The molecule has 0 bridgehead atoms. The smallest absolute Gasteiger partial charge is 0.252 e. The van der Waals surface area contributed by atoms with Gasteiger partial charge >= 0.3 is 0 Å². The second-order valence-corrected chi connectivity index (χ2v) is 24.4. The third-order valence-electron chi connectivity index (χ3n) is 16.2. The molecule has 0 fully saturated rings. The van der Waals surface area contributed by atoms with Gasteiger partial charge in [-0.3, -0.25) is 12.9 Å². The van der Waals surface area contributed by atoms with Crippen LogP contribution in [0, 0.1) is 0 Å². The predicted octanol–water partition coefficient (Wildman–Crippen LogP) is 11.2. The Hall–Kier alpha value is -5.93. The molecule has 15 heteroatoms. The normalized spacial score (nSPS) is 14.5. The van der Waals surface area contributed by atoms with Crippen LogP contribution < -0.4 is 77.2 Å². The molecule has 6 aliphatic heterocycles. The number of thioether (sulfide) groups is 3. The molecule has 0 atom stereocenters. The molecule has 0 aromatic heterocycles. The standard InChI is InChI=1S/C60H47B3N6S6/c1-70-37-25-47-58-53(26-37)65(35-17-9-7-10-18-35)48-23-15-13-21-40(48)61(58)42-31-43-50(33-46(42)64-47)67(73-4)56-29-39(72-3)30-57-60(56)63(43)45-32-44-51(34-52(45)69(57)75-6)68(74-5)55-28-38(71-2)27-54-59(55)62(44)41-22-14-16-24-49(41)66(54)36-19-11-8-12-20-36/h7-34,64H,1-6H3. The highest BCUT2D eigenvalue weighted by atomic mass is 32.2. The number of fused-ring (bicyclic) bond motifs is 12. The van der Waals surface area contributed by atoms with Crippen molar-refractivity contribution in [1.82, 2.24) is 0 Å². The number of para-hydroxylation sites is 4. The van der Waals surface area contributed by atoms with E-state index in [2.05, 4.69) is 235 Å². The van der Waals surface area contributed by atoms with Crippen molar-refractivity contribution in [2.45, 2.75) is 14.7 Å². The summed E-state index contributed by atoms with van der Waals surface area (Å²) < 4.78 is 7.60. The van der Waals surface area contributed by atoms with Gasteiger partial charge in [0.05, 0.1) is 17.1 Å². The Labute approximate surface area is 466 Å². The van der Waals surface area contributed by atoms with Crippen molar-refractivity contribution in [3.8, 4) is 0 Å². The minimum absolute atomic E-state index is 0.0131. The van der Waals surface area contributed by atoms with Crippen molar-refractivity contribution >= 4 is 220 Å². The topological polar surface area (TPSA) is 28.2 Å². The lowest BCUT2D eigenvalue weighted by Crippen LogP contribution is -2.66. The van der Waals surface area contributed by atoms with E-state index >= 15 is 0 Å². The van der Waals surface area contributed by atoms with Crippen molar-refractivity contribution in [3.05, 3.63) is 170 Å². The molecule has 0 saturated heterocycles. The molecule has 0 unspecified atom stereocenters. The van der Waals surface area contributed by atoms with Gasteiger partial charge in [-0.2, -0.15) is 0 Å². The summed E-state index contributed by atoms with van der Waals surface area (Å²) in [5, 5.41) is 4.11. The second kappa shape index (κ2) is 17.8. The maximum Gasteiger partial charge on any atom is 0.252 e. The molecule has 0 spiro atoms. The van der Waals surface area contributed by atoms with E-state index < -0.39 is 0 Å². The molecule has 6 nitrogen and oxygen atoms in total. The number of hydrogen-bond donors (Lipinski definition) is 1. The first-order valence-corrected chi connectivity index (χ1v) is 32.4. The van der Waals surface area contributed by atoms with Crippen molar-refractivity contribution in [1.29, 1.82) is 0 Å². The van der Waals surface area contributed by atoms with Gasteiger partial charge in [-0.15, -0.1) is 35.3 Å². The molecule has 9 aromatic rings. The Morgan fingerprint density at radius 2 is 0.693 bits per heavy atom. The van der Waals surface area contributed by atoms with Crippen molar-refractivity contribution in [2.75, 3.05) is 65.6 Å². The molecule has 0 saturated carbocycles. The lowest BCUT2D eigenvalue weighted by atomic mass is 9.29. The van der Waals surface area contributed by atoms with Crippen LogP contribution in [-0.2, 0) is 0 Å². The fourth-order valence-electron chi connectivity index (χ4n) is 13.2. The lowest BCUT2D eigenvalue weighted by molar-refractivity contribution is 1.26. The van der Waals surface area contributed by atoms with E-state index in [4.69, 9.17) is 0 Å². The third kappa shape index (κ3) is 6.61. The van der Waals surface area contributed by atoms with Crippen molar-refractivity contribution in [2.24, 2.45) is 0 Å². The Bertz CT molecular complexity index is 3890. The average molecular weight is 1080 g/mol. The van der Waals surface area contributed by atoms with Crippen LogP contribution in [0.25, 0.3) is 0 Å². The Morgan fingerprint density at radius 1 is 0.307 bits per heavy atom. The van der Waals surface area contributed by atoms with Gasteiger partial charge in [-0.25, -0.2) is 0 Å². The van der Waals surface area contributed by atoms with Gasteiger partial charge in [0.2, 0.25) is 0 Å². The van der Waals surface area contributed by atoms with E-state index in [1.165, 1.54) is 138 Å². The molecule has 75 heavy (non-hydrogen) atoms. The molecular weight excluding hydrogens is 1030 g/mol. The van der Waals surface area contributed by atoms with E-state index in [9.17, 15) is 0 Å². The highest BCUT2D eigenvalue weighted by Crippen LogP contribution is 2.50. The minimum Gasteiger partial charge on any atom is -0.356 e. The van der Waals surface area contributed by atoms with Gasteiger partial charge in [0, 0.05) is 96.0 Å². The van der Waals surface area contributed by atoms with Gasteiger partial charge in [-0.1, -0.05) is 84.9 Å². The quantitative estimate of drug-likeness (QED) is 0.0893. The van der Waals surface area contributed by atoms with Crippen molar-refractivity contribution in [3.63, 3.8) is 0 Å². The fourth-order valence-corrected chi connectivity index (χ4v) is 16.7. The zero-order valence-corrected chi connectivity index (χ0v) is 47.0. The summed E-state index contributed by atoms with van der Waals surface area (Å²) in [4.78, 5) is 8.74. The highest BCUT2D eigenvalue weighted by Gasteiger charge is 2.50. The number of anilines is 14. The van der Waals surface area contributed by atoms with Gasteiger partial charge in [0.25, 0.3) is 20.1 Å². The maximum absolute atomic E-state index is 4.11. The summed E-state index contributed by atoms with van der Waals surface area (Å²) >= 11 is 10.9. The molecule has 0 radical (unpaired) electrons. The summed E-state index contributed by atoms with van der Waals surface area (Å²) in [5.41, 5.74) is 29.2. The van der Waals surface area contributed by atoms with Crippen LogP contribution in [0.1, 0.15) is 0 Å². The average Bonchev–Trinajstić information content (AvgIpc) is 3.55. The second-order valence-electron chi connectivity index (χ2n) is 19.5. The van der Waals surface area contributed by atoms with Crippen molar-refractivity contribution < 1.29 is 0 Å². The largest absolute Gasteiger partial charge is 0.356 e. The van der Waals surface area contributed by atoms with E-state index in [0.717, 1.165) is 5.69 Å². The van der Waals surface area contributed by atoms with E-state index in [0.29, 0.717) is 0 Å². The van der Waals surface area contributed by atoms with Crippen LogP contribution >= 0.6 is 71.1 Å². The van der Waals surface area contributed by atoms with Gasteiger partial charge in [-0.05, 0) is 189 Å². The van der Waals surface area contributed by atoms with E-state index in [1.807, 2.05) is 47.4 Å². The molecule has 15 rings (SSSR count). The molecule has 9 aromatic carbocycles. The van der Waals surface area contributed by atoms with Crippen LogP contribution in [0.3, 0.4) is 0 Å². The summed E-state index contributed by atoms with van der Waals surface area (Å²) in [6.45, 7) is -0.0122. The maximum atomic E-state index is 4.11. The first kappa shape index (κ1) is 46.4. The summed E-state index contributed by atoms with van der Waals surface area (Å²) in [6.07, 6.45) is 13.3. The lowest BCUT2D eigenvalue weighted by Gasteiger charge is -2.46. The number of hydrogen-bond acceptors (Lipinski definition) is 12.